The fourth-order valence-electron chi connectivity index (χ4n) is 12.2. The number of para-hydroxylation sites is 1. The Morgan fingerprint density at radius 3 is 1.90 bits per heavy atom. The van der Waals surface area contributed by atoms with Crippen LogP contribution in [0.4, 0.5) is 0 Å². The number of allylic oxidation sites excluding steroid dienone is 2. The van der Waals surface area contributed by atoms with Crippen molar-refractivity contribution in [1.29, 1.82) is 0 Å². The monoisotopic (exact) mass is 1450 g/mol. The number of H-pyrrole nitrogens is 1. The van der Waals surface area contributed by atoms with Crippen molar-refractivity contribution < 1.29 is 77.3 Å². The number of aliphatic hydroxyl groups excluding tert-OH is 2. The maximum atomic E-state index is 15.5. The highest BCUT2D eigenvalue weighted by Gasteiger charge is 2.43. The zero-order valence-corrected chi connectivity index (χ0v) is 62.1. The Hall–Kier alpha value is -9.22. The van der Waals surface area contributed by atoms with Crippen LogP contribution in [0.1, 0.15) is 184 Å². The Kier molecular flexibility index (Phi) is 35.6. The number of benzene rings is 2. The molecule has 2 heterocycles. The fourth-order valence-corrected chi connectivity index (χ4v) is 12.2. The van der Waals surface area contributed by atoms with Crippen molar-refractivity contribution in [2.24, 2.45) is 35.1 Å². The van der Waals surface area contributed by atoms with E-state index in [4.69, 9.17) is 11.5 Å². The molecule has 2 aromatic carbocycles. The minimum Gasteiger partial charge on any atom is -0.394 e. The third-order valence-corrected chi connectivity index (χ3v) is 18.7. The van der Waals surface area contributed by atoms with Crippen LogP contribution in [-0.4, -0.2) is 176 Å². The molecule has 17 N–H and O–H groups in total. The van der Waals surface area contributed by atoms with Crippen LogP contribution in [0, 0.1) is 23.7 Å². The van der Waals surface area contributed by atoms with Crippen LogP contribution in [0.3, 0.4) is 0 Å². The van der Waals surface area contributed by atoms with E-state index in [1.54, 1.807) is 42.6 Å². The zero-order valence-electron chi connectivity index (χ0n) is 62.1. The van der Waals surface area contributed by atoms with Gasteiger partial charge in [0.25, 0.3) is 0 Å². The number of ketones is 3. The molecule has 29 heteroatoms. The lowest BCUT2D eigenvalue weighted by atomic mass is 9.82. The van der Waals surface area contributed by atoms with Gasteiger partial charge in [0.1, 0.15) is 41.8 Å². The molecular formula is C75H113N13O16. The molecule has 29 nitrogen and oxygen atoms in total. The minimum absolute atomic E-state index is 0.0165. The third kappa shape index (κ3) is 28.4. The first-order valence-corrected chi connectivity index (χ1v) is 36.2. The second kappa shape index (κ2) is 42.5. The van der Waals surface area contributed by atoms with Crippen molar-refractivity contribution in [1.82, 2.24) is 58.2 Å². The Morgan fingerprint density at radius 2 is 1.28 bits per heavy atom. The maximum absolute atomic E-state index is 15.5. The summed E-state index contributed by atoms with van der Waals surface area (Å²) in [6, 6.07) is 4.80. The average molecular weight is 1450 g/mol. The number of aliphatic hydroxyl groups is 2. The van der Waals surface area contributed by atoms with Crippen LogP contribution in [0.2, 0.25) is 0 Å². The molecule has 104 heavy (non-hydrogen) atoms. The van der Waals surface area contributed by atoms with E-state index in [1.165, 1.54) is 48.5 Å². The summed E-state index contributed by atoms with van der Waals surface area (Å²) in [5, 5.41) is 48.8. The number of aromatic amines is 1. The summed E-state index contributed by atoms with van der Waals surface area (Å²) in [5.74, 6) is -13.9. The first kappa shape index (κ1) is 87.2. The number of hydrogen-bond donors (Lipinski definition) is 15. The molecule has 0 radical (unpaired) electrons. The van der Waals surface area contributed by atoms with Gasteiger partial charge in [-0.3, -0.25) is 67.1 Å². The molecule has 0 fully saturated rings. The van der Waals surface area contributed by atoms with Gasteiger partial charge in [0.15, 0.2) is 5.78 Å². The summed E-state index contributed by atoms with van der Waals surface area (Å²) in [6.45, 7) is 15.7. The highest BCUT2D eigenvalue weighted by Crippen LogP contribution is 2.28. The molecule has 0 saturated carbocycles. The van der Waals surface area contributed by atoms with Crippen LogP contribution in [0.15, 0.2) is 72.9 Å². The number of aromatic nitrogens is 1. The van der Waals surface area contributed by atoms with E-state index in [0.29, 0.717) is 62.5 Å². The van der Waals surface area contributed by atoms with Crippen molar-refractivity contribution in [3.05, 3.63) is 84.1 Å². The average Bonchev–Trinajstić information content (AvgIpc) is 1.42. The molecule has 0 bridgehead atoms. The maximum Gasteiger partial charge on any atom is 0.246 e. The molecule has 3 aromatic rings. The van der Waals surface area contributed by atoms with E-state index in [0.717, 1.165) is 10.9 Å². The number of carbonyl (C=O) groups is 14. The van der Waals surface area contributed by atoms with Gasteiger partial charge in [0.05, 0.1) is 36.3 Å². The fraction of sp³-hybridized carbons (Fsp3) is 0.600. The standard InChI is InChI=1S/C75H113N13O16/c1-43(2)30-31-51-40-79-56(32-33-61(76)93)64(95)63(94)45(5)80-67(98)52(38-53-41-78-55-29-23-22-28-54(53)55)39-60(92)74(10,88-71(102)58(37-50-26-20-19-21-27-50)84-72(103)62(48(8)90)86-69(100)57(36-44(3)4)83-49(9)91)34-24-17-15-13-12-14-16-18-25-35-75(11,87-68(51)99)73(104)85-59(42-89)70(101)82-47(7)66(97)81-46(6)65(77)96/h14,16,19-23,26-29,41,43-48,51-52,56-59,62,78-79,89-90H,12-13,15,17-18,24-25,30-40,42H2,1-11H3,(H2,76,93)(H2,77,96)(H,80,98)(H,81,97)(H,82,101)(H,83,91)(H,84,103)(H,85,104)(H,86,100)(H,87,99)(H,88,102)/b16-14+/t45?,46?,47-,48+,51+,52+,56-,57-,58-,59?,62-,74+,75-/m0/s1. The minimum atomic E-state index is -1.78. The van der Waals surface area contributed by atoms with Crippen molar-refractivity contribution in [3.63, 3.8) is 0 Å². The van der Waals surface area contributed by atoms with E-state index in [2.05, 4.69) is 58.2 Å². The Bertz CT molecular complexity index is 3490. The van der Waals surface area contributed by atoms with Crippen LogP contribution in [-0.2, 0) is 80.0 Å². The summed E-state index contributed by atoms with van der Waals surface area (Å²) < 4.78 is 0. The van der Waals surface area contributed by atoms with Gasteiger partial charge in [-0.05, 0) is 135 Å². The van der Waals surface area contributed by atoms with E-state index in [-0.39, 0.29) is 63.3 Å². The molecule has 13 atom stereocenters. The Labute approximate surface area is 609 Å². The number of carbonyl (C=O) groups excluding carboxylic acids is 14. The lowest BCUT2D eigenvalue weighted by Gasteiger charge is -2.33. The summed E-state index contributed by atoms with van der Waals surface area (Å²) in [6.07, 6.45) is 6.97. The van der Waals surface area contributed by atoms with Gasteiger partial charge in [-0.1, -0.05) is 114 Å². The molecule has 1 aliphatic rings. The second-order valence-corrected chi connectivity index (χ2v) is 28.9. The quantitative estimate of drug-likeness (QED) is 0.0366. The number of hydrogen-bond acceptors (Lipinski definition) is 17. The van der Waals surface area contributed by atoms with Gasteiger partial charge in [-0.25, -0.2) is 0 Å². The van der Waals surface area contributed by atoms with E-state index < -0.39 is 179 Å². The molecule has 4 rings (SSSR count). The Morgan fingerprint density at radius 1 is 0.644 bits per heavy atom. The predicted molar refractivity (Wildman–Crippen MR) is 390 cm³/mol. The van der Waals surface area contributed by atoms with E-state index in [9.17, 15) is 63.0 Å². The van der Waals surface area contributed by atoms with Gasteiger partial charge in [-0.15, -0.1) is 0 Å². The number of rotatable bonds is 28. The van der Waals surface area contributed by atoms with Crippen molar-refractivity contribution >= 4 is 93.2 Å². The normalized spacial score (nSPS) is 22.7. The number of amides is 11. The molecule has 1 aromatic heterocycles. The first-order valence-electron chi connectivity index (χ1n) is 36.2. The molecule has 0 spiro atoms. The molecule has 3 unspecified atom stereocenters. The molecule has 1 aliphatic heterocycles. The Balaban J connectivity index is 1.80. The van der Waals surface area contributed by atoms with Crippen LogP contribution in [0.25, 0.3) is 10.9 Å². The van der Waals surface area contributed by atoms with Gasteiger partial charge >= 0.3 is 0 Å². The summed E-state index contributed by atoms with van der Waals surface area (Å²) in [7, 11) is 0. The number of nitrogens with two attached hydrogens (primary N) is 2. The smallest absolute Gasteiger partial charge is 0.246 e. The molecule has 0 aliphatic carbocycles. The number of primary amides is 2. The second-order valence-electron chi connectivity index (χ2n) is 28.9. The molecule has 0 saturated heterocycles. The van der Waals surface area contributed by atoms with Gasteiger partial charge in [0.2, 0.25) is 76.5 Å². The van der Waals surface area contributed by atoms with Gasteiger partial charge < -0.3 is 79.8 Å². The largest absolute Gasteiger partial charge is 0.394 e. The van der Waals surface area contributed by atoms with Gasteiger partial charge in [0, 0.05) is 55.7 Å². The molecule has 574 valence electrons. The van der Waals surface area contributed by atoms with Crippen molar-refractivity contribution in [3.8, 4) is 0 Å². The lowest BCUT2D eigenvalue weighted by Crippen LogP contribution is -2.63. The summed E-state index contributed by atoms with van der Waals surface area (Å²) in [5.41, 5.74) is 9.27. The number of nitrogens with one attached hydrogen (secondary N) is 11. The van der Waals surface area contributed by atoms with E-state index in [1.807, 2.05) is 58.0 Å². The van der Waals surface area contributed by atoms with Crippen LogP contribution >= 0.6 is 0 Å². The lowest BCUT2D eigenvalue weighted by molar-refractivity contribution is -0.141. The van der Waals surface area contributed by atoms with Crippen molar-refractivity contribution in [2.45, 2.75) is 251 Å². The predicted octanol–water partition coefficient (Wildman–Crippen LogP) is 2.15. The third-order valence-electron chi connectivity index (χ3n) is 18.7. The van der Waals surface area contributed by atoms with Gasteiger partial charge in [-0.2, -0.15) is 0 Å². The molecular weight excluding hydrogens is 1340 g/mol. The molecule has 11 amide bonds. The van der Waals surface area contributed by atoms with E-state index >= 15 is 14.4 Å². The topological polar surface area (TPSA) is 468 Å². The van der Waals surface area contributed by atoms with Crippen LogP contribution in [0.5, 0.6) is 0 Å². The highest BCUT2D eigenvalue weighted by molar-refractivity contribution is 6.41. The van der Waals surface area contributed by atoms with Crippen molar-refractivity contribution in [2.75, 3.05) is 13.2 Å². The summed E-state index contributed by atoms with van der Waals surface area (Å²) >= 11 is 0. The number of fused-ring (bicyclic) bond motifs is 1. The van der Waals surface area contributed by atoms with Crippen LogP contribution < -0.4 is 64.6 Å². The summed E-state index contributed by atoms with van der Waals surface area (Å²) in [4.78, 5) is 198. The highest BCUT2D eigenvalue weighted by atomic mass is 16.3. The number of Topliss-reactive ketones (excluding diaryl/α,β-unsaturated/α-hetero) is 3. The zero-order chi connectivity index (χ0) is 77.6. The SMILES string of the molecule is CC(=O)N[C@@H](CC(C)C)C(=O)N[C@H](C(=O)N[C@@H](Cc1ccccc1)C(=O)N[C@]1(C)CCCCCC/C=C/CCC[C@@](C)(C(=O)NC(CO)C(=O)N[C@@H](C)C(=O)NC(C)C(N)=O)NC(=O)[C@H](CCC(C)C)CN[C@@H](CCC(N)=O)C(=O)C(=O)C(C)NC(=O)[C@H](Cc2c[nH]c3ccccc23)CC1=O)[C@@H](C)O. The first-order chi connectivity index (χ1) is 49.0.